The molecule has 0 saturated carbocycles. The van der Waals surface area contributed by atoms with Crippen LogP contribution in [0.2, 0.25) is 0 Å². The number of rotatable bonds is 8. The number of hydrogen-bond acceptors (Lipinski definition) is 4. The van der Waals surface area contributed by atoms with Crippen LogP contribution < -0.4 is 5.32 Å². The average Bonchev–Trinajstić information content (AvgIpc) is 2.47. The lowest BCUT2D eigenvalue weighted by atomic mass is 10.1. The van der Waals surface area contributed by atoms with Gasteiger partial charge in [-0.2, -0.15) is 0 Å². The molecule has 1 aromatic carbocycles. The molecule has 2 unspecified atom stereocenters. The zero-order chi connectivity index (χ0) is 15.7. The van der Waals surface area contributed by atoms with Gasteiger partial charge in [0.15, 0.2) is 0 Å². The van der Waals surface area contributed by atoms with E-state index in [4.69, 9.17) is 14.6 Å². The smallest absolute Gasteiger partial charge is 0.407 e. The van der Waals surface area contributed by atoms with E-state index in [2.05, 4.69) is 5.32 Å². The summed E-state index contributed by atoms with van der Waals surface area (Å²) < 4.78 is 10.3. The van der Waals surface area contributed by atoms with Gasteiger partial charge in [0.25, 0.3) is 0 Å². The Labute approximate surface area is 124 Å². The second kappa shape index (κ2) is 8.97. The Morgan fingerprint density at radius 3 is 2.48 bits per heavy atom. The van der Waals surface area contributed by atoms with Crippen molar-refractivity contribution in [3.8, 4) is 0 Å². The molecule has 0 saturated heterocycles. The summed E-state index contributed by atoms with van der Waals surface area (Å²) in [5.74, 6) is -1.00. The van der Waals surface area contributed by atoms with E-state index in [-0.39, 0.29) is 19.1 Å². The van der Waals surface area contributed by atoms with Crippen LogP contribution in [0.5, 0.6) is 0 Å². The molecule has 1 aromatic rings. The maximum atomic E-state index is 11.8. The average molecular weight is 295 g/mol. The quantitative estimate of drug-likeness (QED) is 0.768. The number of methoxy groups -OCH3 is 1. The number of aliphatic carboxylic acids is 1. The summed E-state index contributed by atoms with van der Waals surface area (Å²) in [6.07, 6.45) is -0.647. The van der Waals surface area contributed by atoms with Gasteiger partial charge in [-0.1, -0.05) is 37.3 Å². The van der Waals surface area contributed by atoms with E-state index in [9.17, 15) is 9.59 Å². The molecule has 21 heavy (non-hydrogen) atoms. The van der Waals surface area contributed by atoms with Crippen LogP contribution in [-0.4, -0.2) is 36.4 Å². The SMILES string of the molecule is CCC(OC)C(CC(=O)O)NC(=O)OCc1ccccc1. The number of alkyl carbamates (subject to hydrolysis) is 1. The Balaban J connectivity index is 2.53. The molecule has 6 heteroatoms. The van der Waals surface area contributed by atoms with Crippen molar-refractivity contribution >= 4 is 12.1 Å². The Bertz CT molecular complexity index is 445. The summed E-state index contributed by atoms with van der Waals surface area (Å²) in [6, 6.07) is 8.62. The minimum Gasteiger partial charge on any atom is -0.481 e. The highest BCUT2D eigenvalue weighted by Gasteiger charge is 2.25. The van der Waals surface area contributed by atoms with E-state index in [0.29, 0.717) is 6.42 Å². The van der Waals surface area contributed by atoms with E-state index < -0.39 is 18.1 Å². The van der Waals surface area contributed by atoms with Gasteiger partial charge in [-0.3, -0.25) is 4.79 Å². The van der Waals surface area contributed by atoms with Gasteiger partial charge in [0.1, 0.15) is 6.61 Å². The molecule has 6 nitrogen and oxygen atoms in total. The normalized spacial score (nSPS) is 13.2. The zero-order valence-electron chi connectivity index (χ0n) is 12.2. The van der Waals surface area contributed by atoms with Crippen LogP contribution in [0.25, 0.3) is 0 Å². The van der Waals surface area contributed by atoms with Crippen molar-refractivity contribution in [2.45, 2.75) is 38.5 Å². The Morgan fingerprint density at radius 2 is 1.95 bits per heavy atom. The summed E-state index contributed by atoms with van der Waals surface area (Å²) in [6.45, 7) is 2.00. The Morgan fingerprint density at radius 1 is 1.29 bits per heavy atom. The van der Waals surface area contributed by atoms with Crippen molar-refractivity contribution in [3.05, 3.63) is 35.9 Å². The fourth-order valence-corrected chi connectivity index (χ4v) is 2.00. The standard InChI is InChI=1S/C15H21NO5/c1-3-13(20-2)12(9-14(17)18)16-15(19)21-10-11-7-5-4-6-8-11/h4-8,12-13H,3,9-10H2,1-2H3,(H,16,19)(H,17,18). The molecule has 116 valence electrons. The molecule has 0 radical (unpaired) electrons. The maximum absolute atomic E-state index is 11.8. The lowest BCUT2D eigenvalue weighted by molar-refractivity contribution is -0.138. The molecule has 0 heterocycles. The van der Waals surface area contributed by atoms with Gasteiger partial charge in [-0.05, 0) is 12.0 Å². The van der Waals surface area contributed by atoms with Crippen LogP contribution >= 0.6 is 0 Å². The third-order valence-corrected chi connectivity index (χ3v) is 3.06. The largest absolute Gasteiger partial charge is 0.481 e. The van der Waals surface area contributed by atoms with Gasteiger partial charge < -0.3 is 19.9 Å². The van der Waals surface area contributed by atoms with Gasteiger partial charge in [0.2, 0.25) is 0 Å². The number of hydrogen-bond donors (Lipinski definition) is 2. The molecule has 2 atom stereocenters. The van der Waals surface area contributed by atoms with Crippen LogP contribution in [0.4, 0.5) is 4.79 Å². The molecule has 0 aromatic heterocycles. The molecule has 0 aliphatic carbocycles. The number of ether oxygens (including phenoxy) is 2. The number of carbonyl (C=O) groups is 2. The van der Waals surface area contributed by atoms with Crippen LogP contribution in [0.3, 0.4) is 0 Å². The molecule has 0 aliphatic heterocycles. The second-order valence-electron chi connectivity index (χ2n) is 4.59. The first-order valence-electron chi connectivity index (χ1n) is 6.78. The summed E-state index contributed by atoms with van der Waals surface area (Å²) in [5, 5.41) is 11.5. The van der Waals surface area contributed by atoms with Crippen molar-refractivity contribution < 1.29 is 24.2 Å². The number of carboxylic acids is 1. The summed E-state index contributed by atoms with van der Waals surface area (Å²) >= 11 is 0. The lowest BCUT2D eigenvalue weighted by Gasteiger charge is -2.24. The third-order valence-electron chi connectivity index (χ3n) is 3.06. The number of benzene rings is 1. The van der Waals surface area contributed by atoms with Crippen LogP contribution in [0.1, 0.15) is 25.3 Å². The van der Waals surface area contributed by atoms with E-state index in [1.54, 1.807) is 0 Å². The Hall–Kier alpha value is -2.08. The van der Waals surface area contributed by atoms with Crippen molar-refractivity contribution in [1.82, 2.24) is 5.32 Å². The van der Waals surface area contributed by atoms with E-state index in [1.165, 1.54) is 7.11 Å². The molecule has 0 spiro atoms. The van der Waals surface area contributed by atoms with Crippen molar-refractivity contribution in [2.24, 2.45) is 0 Å². The lowest BCUT2D eigenvalue weighted by Crippen LogP contribution is -2.45. The van der Waals surface area contributed by atoms with Gasteiger partial charge >= 0.3 is 12.1 Å². The minimum absolute atomic E-state index is 0.135. The molecule has 0 fully saturated rings. The Kier molecular flexibility index (Phi) is 7.25. The number of carbonyl (C=O) groups excluding carboxylic acids is 1. The molecule has 1 amide bonds. The first kappa shape index (κ1) is 17.0. The topological polar surface area (TPSA) is 84.9 Å². The molecule has 0 bridgehead atoms. The van der Waals surface area contributed by atoms with Gasteiger partial charge in [-0.15, -0.1) is 0 Å². The monoisotopic (exact) mass is 295 g/mol. The number of amides is 1. The van der Waals surface area contributed by atoms with E-state index in [0.717, 1.165) is 5.56 Å². The molecule has 2 N–H and O–H groups in total. The first-order chi connectivity index (χ1) is 10.1. The molecular weight excluding hydrogens is 274 g/mol. The van der Waals surface area contributed by atoms with Gasteiger partial charge in [0, 0.05) is 7.11 Å². The predicted molar refractivity (Wildman–Crippen MR) is 76.9 cm³/mol. The highest BCUT2D eigenvalue weighted by atomic mass is 16.5. The van der Waals surface area contributed by atoms with Crippen LogP contribution in [-0.2, 0) is 20.9 Å². The summed E-state index contributed by atoms with van der Waals surface area (Å²) in [4.78, 5) is 22.6. The minimum atomic E-state index is -1.00. The highest BCUT2D eigenvalue weighted by Crippen LogP contribution is 2.08. The second-order valence-corrected chi connectivity index (χ2v) is 4.59. The first-order valence-corrected chi connectivity index (χ1v) is 6.78. The van der Waals surface area contributed by atoms with Crippen LogP contribution in [0.15, 0.2) is 30.3 Å². The fraction of sp³-hybridized carbons (Fsp3) is 0.467. The summed E-state index contributed by atoms with van der Waals surface area (Å²) in [7, 11) is 1.49. The molecule has 1 rings (SSSR count). The fourth-order valence-electron chi connectivity index (χ4n) is 2.00. The highest BCUT2D eigenvalue weighted by molar-refractivity contribution is 5.71. The van der Waals surface area contributed by atoms with Crippen molar-refractivity contribution in [2.75, 3.05) is 7.11 Å². The van der Waals surface area contributed by atoms with E-state index in [1.807, 2.05) is 37.3 Å². The van der Waals surface area contributed by atoms with Gasteiger partial charge in [-0.25, -0.2) is 4.79 Å². The maximum Gasteiger partial charge on any atom is 0.407 e. The van der Waals surface area contributed by atoms with Crippen molar-refractivity contribution in [1.29, 1.82) is 0 Å². The van der Waals surface area contributed by atoms with Gasteiger partial charge in [0.05, 0.1) is 18.6 Å². The number of nitrogens with one attached hydrogen (secondary N) is 1. The van der Waals surface area contributed by atoms with Crippen LogP contribution in [0, 0.1) is 0 Å². The molecular formula is C15H21NO5. The zero-order valence-corrected chi connectivity index (χ0v) is 12.2. The third kappa shape index (κ3) is 6.27. The summed E-state index contributed by atoms with van der Waals surface area (Å²) in [5.41, 5.74) is 0.862. The number of carboxylic acid groups (broad SMARTS) is 1. The van der Waals surface area contributed by atoms with E-state index >= 15 is 0 Å². The van der Waals surface area contributed by atoms with Crippen molar-refractivity contribution in [3.63, 3.8) is 0 Å². The molecule has 0 aliphatic rings. The predicted octanol–water partition coefficient (Wildman–Crippen LogP) is 2.18.